The molecule has 5 heteroatoms. The van der Waals surface area contributed by atoms with Crippen molar-refractivity contribution in [3.63, 3.8) is 0 Å². The molecule has 0 aliphatic rings. The van der Waals surface area contributed by atoms with E-state index in [1.54, 1.807) is 13.3 Å². The van der Waals surface area contributed by atoms with E-state index in [2.05, 4.69) is 4.98 Å². The number of rotatable bonds is 6. The first-order valence-corrected chi connectivity index (χ1v) is 7.58. The third kappa shape index (κ3) is 3.66. The predicted molar refractivity (Wildman–Crippen MR) is 90.7 cm³/mol. The van der Waals surface area contributed by atoms with Gasteiger partial charge in [-0.3, -0.25) is 4.98 Å². The van der Waals surface area contributed by atoms with Gasteiger partial charge in [0.25, 0.3) is 0 Å². The number of fused-ring (bicyclic) bond motifs is 1. The number of ether oxygens (including phenoxy) is 3. The van der Waals surface area contributed by atoms with E-state index in [1.807, 2.05) is 48.5 Å². The van der Waals surface area contributed by atoms with Gasteiger partial charge in [0.05, 0.1) is 12.1 Å². The molecule has 2 aromatic carbocycles. The summed E-state index contributed by atoms with van der Waals surface area (Å²) in [5, 5.41) is 1.54. The van der Waals surface area contributed by atoms with Crippen LogP contribution in [0.2, 0.25) is 5.02 Å². The van der Waals surface area contributed by atoms with Crippen molar-refractivity contribution in [1.29, 1.82) is 0 Å². The summed E-state index contributed by atoms with van der Waals surface area (Å²) in [5.74, 6) is 2.20. The van der Waals surface area contributed by atoms with Crippen LogP contribution in [0.3, 0.4) is 0 Å². The molecule has 0 spiro atoms. The van der Waals surface area contributed by atoms with Crippen LogP contribution in [0.1, 0.15) is 0 Å². The number of pyridine rings is 1. The highest BCUT2D eigenvalue weighted by atomic mass is 35.5. The predicted octanol–water partition coefficient (Wildman–Crippen LogP) is 4.35. The molecule has 0 saturated carbocycles. The summed E-state index contributed by atoms with van der Waals surface area (Å²) in [6.07, 6.45) is 1.72. The van der Waals surface area contributed by atoms with Crippen molar-refractivity contribution >= 4 is 22.5 Å². The number of hydrogen-bond acceptors (Lipinski definition) is 4. The molecule has 3 rings (SSSR count). The van der Waals surface area contributed by atoms with Crippen molar-refractivity contribution < 1.29 is 14.2 Å². The van der Waals surface area contributed by atoms with Crippen LogP contribution in [-0.4, -0.2) is 25.3 Å². The van der Waals surface area contributed by atoms with Crippen LogP contribution >= 0.6 is 11.6 Å². The topological polar surface area (TPSA) is 40.6 Å². The van der Waals surface area contributed by atoms with Gasteiger partial charge in [0.15, 0.2) is 0 Å². The third-order valence-electron chi connectivity index (χ3n) is 3.33. The third-order valence-corrected chi connectivity index (χ3v) is 3.66. The first-order chi connectivity index (χ1) is 11.3. The lowest BCUT2D eigenvalue weighted by Gasteiger charge is -2.11. The zero-order valence-corrected chi connectivity index (χ0v) is 13.4. The molecular weight excluding hydrogens is 314 g/mol. The summed E-state index contributed by atoms with van der Waals surface area (Å²) in [7, 11) is 1.63. The Bertz CT molecular complexity index is 807. The largest absolute Gasteiger partial charge is 0.497 e. The standard InChI is InChI=1S/C18H16ClNO3/c1-21-13-4-2-5-14(12-13)22-10-11-23-17-8-7-16(19)15-6-3-9-20-18(15)17/h2-9,12H,10-11H2,1H3. The quantitative estimate of drug-likeness (QED) is 0.630. The SMILES string of the molecule is COc1cccc(OCCOc2ccc(Cl)c3cccnc23)c1. The van der Waals surface area contributed by atoms with Crippen molar-refractivity contribution in [2.45, 2.75) is 0 Å². The second-order valence-electron chi connectivity index (χ2n) is 4.82. The van der Waals surface area contributed by atoms with Crippen molar-refractivity contribution in [1.82, 2.24) is 4.98 Å². The molecule has 0 bridgehead atoms. The van der Waals surface area contributed by atoms with Gasteiger partial charge < -0.3 is 14.2 Å². The number of nitrogens with zero attached hydrogens (tertiary/aromatic N) is 1. The van der Waals surface area contributed by atoms with E-state index in [4.69, 9.17) is 25.8 Å². The summed E-state index contributed by atoms with van der Waals surface area (Å²) in [5.41, 5.74) is 0.751. The lowest BCUT2D eigenvalue weighted by molar-refractivity contribution is 0.218. The molecule has 0 radical (unpaired) electrons. The van der Waals surface area contributed by atoms with E-state index in [0.29, 0.717) is 24.0 Å². The molecule has 3 aromatic rings. The molecule has 0 saturated heterocycles. The van der Waals surface area contributed by atoms with Crippen molar-refractivity contribution in [2.75, 3.05) is 20.3 Å². The molecule has 0 aliphatic heterocycles. The Morgan fingerprint density at radius 3 is 2.65 bits per heavy atom. The van der Waals surface area contributed by atoms with Crippen LogP contribution < -0.4 is 14.2 Å². The van der Waals surface area contributed by atoms with Gasteiger partial charge in [-0.25, -0.2) is 0 Å². The Hall–Kier alpha value is -2.46. The average molecular weight is 330 g/mol. The van der Waals surface area contributed by atoms with E-state index in [0.717, 1.165) is 22.4 Å². The maximum atomic E-state index is 6.17. The van der Waals surface area contributed by atoms with E-state index < -0.39 is 0 Å². The highest BCUT2D eigenvalue weighted by Gasteiger charge is 2.06. The molecule has 23 heavy (non-hydrogen) atoms. The minimum Gasteiger partial charge on any atom is -0.497 e. The van der Waals surface area contributed by atoms with Crippen LogP contribution in [0, 0.1) is 0 Å². The molecule has 0 atom stereocenters. The molecular formula is C18H16ClNO3. The molecule has 0 fully saturated rings. The van der Waals surface area contributed by atoms with Crippen LogP contribution in [-0.2, 0) is 0 Å². The fraction of sp³-hybridized carbons (Fsp3) is 0.167. The van der Waals surface area contributed by atoms with Gasteiger partial charge in [0.1, 0.15) is 36.0 Å². The number of hydrogen-bond donors (Lipinski definition) is 0. The van der Waals surface area contributed by atoms with Crippen LogP contribution in [0.25, 0.3) is 10.9 Å². The number of aromatic nitrogens is 1. The molecule has 0 aliphatic carbocycles. The molecule has 118 valence electrons. The summed E-state index contributed by atoms with van der Waals surface area (Å²) in [6, 6.07) is 14.9. The zero-order valence-electron chi connectivity index (χ0n) is 12.7. The second-order valence-corrected chi connectivity index (χ2v) is 5.23. The highest BCUT2D eigenvalue weighted by molar-refractivity contribution is 6.35. The van der Waals surface area contributed by atoms with Gasteiger partial charge in [0, 0.05) is 17.6 Å². The zero-order chi connectivity index (χ0) is 16.1. The highest BCUT2D eigenvalue weighted by Crippen LogP contribution is 2.29. The summed E-state index contributed by atoms with van der Waals surface area (Å²) < 4.78 is 16.6. The Morgan fingerprint density at radius 2 is 1.78 bits per heavy atom. The van der Waals surface area contributed by atoms with E-state index >= 15 is 0 Å². The Kier molecular flexibility index (Phi) is 4.83. The second kappa shape index (κ2) is 7.20. The van der Waals surface area contributed by atoms with Gasteiger partial charge in [-0.15, -0.1) is 0 Å². The van der Waals surface area contributed by atoms with Crippen molar-refractivity contribution in [3.05, 3.63) is 59.8 Å². The smallest absolute Gasteiger partial charge is 0.145 e. The minimum absolute atomic E-state index is 0.407. The number of halogens is 1. The Labute approximate surface area is 139 Å². The summed E-state index contributed by atoms with van der Waals surface area (Å²) in [4.78, 5) is 4.33. The normalized spacial score (nSPS) is 10.5. The Balaban J connectivity index is 1.62. The first kappa shape index (κ1) is 15.4. The van der Waals surface area contributed by atoms with Crippen molar-refractivity contribution in [2.24, 2.45) is 0 Å². The van der Waals surface area contributed by atoms with E-state index in [1.165, 1.54) is 0 Å². The molecule has 0 amide bonds. The van der Waals surface area contributed by atoms with E-state index in [-0.39, 0.29) is 0 Å². The van der Waals surface area contributed by atoms with Gasteiger partial charge in [-0.2, -0.15) is 0 Å². The van der Waals surface area contributed by atoms with Crippen LogP contribution in [0.15, 0.2) is 54.7 Å². The van der Waals surface area contributed by atoms with Crippen LogP contribution in [0.5, 0.6) is 17.2 Å². The van der Waals surface area contributed by atoms with Gasteiger partial charge in [-0.1, -0.05) is 17.7 Å². The van der Waals surface area contributed by atoms with Gasteiger partial charge in [0.2, 0.25) is 0 Å². The lowest BCUT2D eigenvalue weighted by atomic mass is 10.2. The number of methoxy groups -OCH3 is 1. The van der Waals surface area contributed by atoms with E-state index in [9.17, 15) is 0 Å². The molecule has 0 unspecified atom stereocenters. The van der Waals surface area contributed by atoms with Gasteiger partial charge >= 0.3 is 0 Å². The molecule has 4 nitrogen and oxygen atoms in total. The number of benzene rings is 2. The maximum absolute atomic E-state index is 6.17. The monoisotopic (exact) mass is 329 g/mol. The molecule has 1 aromatic heterocycles. The molecule has 1 heterocycles. The maximum Gasteiger partial charge on any atom is 0.145 e. The first-order valence-electron chi connectivity index (χ1n) is 7.21. The average Bonchev–Trinajstić information content (AvgIpc) is 2.61. The van der Waals surface area contributed by atoms with Crippen LogP contribution in [0.4, 0.5) is 0 Å². The Morgan fingerprint density at radius 1 is 0.957 bits per heavy atom. The summed E-state index contributed by atoms with van der Waals surface area (Å²) in [6.45, 7) is 0.828. The molecule has 0 N–H and O–H groups in total. The lowest BCUT2D eigenvalue weighted by Crippen LogP contribution is -2.09. The fourth-order valence-corrected chi connectivity index (χ4v) is 2.45. The fourth-order valence-electron chi connectivity index (χ4n) is 2.23. The minimum atomic E-state index is 0.407. The summed E-state index contributed by atoms with van der Waals surface area (Å²) >= 11 is 6.17. The van der Waals surface area contributed by atoms with Crippen molar-refractivity contribution in [3.8, 4) is 17.2 Å². The van der Waals surface area contributed by atoms with Gasteiger partial charge in [-0.05, 0) is 36.4 Å².